The van der Waals surface area contributed by atoms with Crippen molar-refractivity contribution in [3.8, 4) is 5.75 Å². The monoisotopic (exact) mass is 380 g/mol. The van der Waals surface area contributed by atoms with Gasteiger partial charge in [-0.3, -0.25) is 9.59 Å². The molecule has 1 fully saturated rings. The molecule has 2 amide bonds. The number of ether oxygens (including phenoxy) is 1. The Morgan fingerprint density at radius 2 is 2.00 bits per heavy atom. The topological polar surface area (TPSA) is 58.6 Å². The normalized spacial score (nSPS) is 13.8. The lowest BCUT2D eigenvalue weighted by molar-refractivity contribution is -0.117. The Kier molecular flexibility index (Phi) is 6.69. The molecular weight excluding hydrogens is 352 g/mol. The smallest absolute Gasteiger partial charge is 0.251 e. The van der Waals surface area contributed by atoms with E-state index in [0.29, 0.717) is 18.5 Å². The number of benzene rings is 2. The van der Waals surface area contributed by atoms with Crippen LogP contribution < -0.4 is 15.0 Å². The lowest BCUT2D eigenvalue weighted by Crippen LogP contribution is -2.26. The summed E-state index contributed by atoms with van der Waals surface area (Å²) >= 11 is 0. The molecule has 1 aliphatic rings. The van der Waals surface area contributed by atoms with Gasteiger partial charge < -0.3 is 15.0 Å². The van der Waals surface area contributed by atoms with E-state index in [1.54, 1.807) is 17.0 Å². The van der Waals surface area contributed by atoms with Gasteiger partial charge in [0.25, 0.3) is 5.91 Å². The third-order valence-electron chi connectivity index (χ3n) is 4.69. The zero-order valence-electron chi connectivity index (χ0n) is 16.6. The van der Waals surface area contributed by atoms with Gasteiger partial charge >= 0.3 is 0 Å². The minimum Gasteiger partial charge on any atom is -0.491 e. The van der Waals surface area contributed by atoms with E-state index >= 15 is 0 Å². The molecule has 1 aliphatic heterocycles. The fourth-order valence-corrected chi connectivity index (χ4v) is 3.38. The van der Waals surface area contributed by atoms with Gasteiger partial charge in [0.1, 0.15) is 5.75 Å². The number of aryl methyl sites for hydroxylation is 1. The molecule has 2 aromatic rings. The quantitative estimate of drug-likeness (QED) is 0.705. The number of carbonyl (C=O) groups is 2. The van der Waals surface area contributed by atoms with Crippen molar-refractivity contribution in [2.75, 3.05) is 18.0 Å². The number of hydrogen-bond donors (Lipinski definition) is 1. The van der Waals surface area contributed by atoms with Crippen LogP contribution in [0.4, 0.5) is 5.69 Å². The van der Waals surface area contributed by atoms with Gasteiger partial charge in [0.15, 0.2) is 0 Å². The molecule has 0 radical (unpaired) electrons. The van der Waals surface area contributed by atoms with Crippen molar-refractivity contribution in [1.82, 2.24) is 5.32 Å². The summed E-state index contributed by atoms with van der Waals surface area (Å²) in [7, 11) is 0. The molecule has 2 aromatic carbocycles. The van der Waals surface area contributed by atoms with Crippen LogP contribution in [0.5, 0.6) is 5.75 Å². The number of anilines is 1. The molecule has 0 unspecified atom stereocenters. The molecule has 0 aromatic heterocycles. The lowest BCUT2D eigenvalue weighted by Gasteiger charge is -2.16. The number of rotatable bonds is 8. The van der Waals surface area contributed by atoms with Gasteiger partial charge in [-0.2, -0.15) is 0 Å². The molecular formula is C23H28N2O3. The van der Waals surface area contributed by atoms with E-state index < -0.39 is 0 Å². The summed E-state index contributed by atoms with van der Waals surface area (Å²) in [6, 6.07) is 15.4. The molecule has 0 saturated carbocycles. The fourth-order valence-electron chi connectivity index (χ4n) is 3.38. The van der Waals surface area contributed by atoms with Crippen molar-refractivity contribution in [2.45, 2.75) is 45.6 Å². The predicted molar refractivity (Wildman–Crippen MR) is 111 cm³/mol. The zero-order chi connectivity index (χ0) is 19.9. The van der Waals surface area contributed by atoms with E-state index in [1.165, 1.54) is 5.56 Å². The average Bonchev–Trinajstić information content (AvgIpc) is 3.11. The van der Waals surface area contributed by atoms with Crippen LogP contribution >= 0.6 is 0 Å². The van der Waals surface area contributed by atoms with Gasteiger partial charge in [0.2, 0.25) is 5.91 Å². The standard InChI is InChI=1S/C23H28N2O3/c1-17(2)28-21-11-3-7-18(15-21)8-5-13-24-23(27)19-9-4-10-20(16-19)25-14-6-12-22(25)26/h3-4,7,9-11,15-17H,5-6,8,12-14H2,1-2H3,(H,24,27). The van der Waals surface area contributed by atoms with Crippen LogP contribution in [0.1, 0.15) is 49.0 Å². The predicted octanol–water partition coefficient (Wildman–Crippen LogP) is 3.96. The molecule has 3 rings (SSSR count). The van der Waals surface area contributed by atoms with E-state index in [-0.39, 0.29) is 17.9 Å². The van der Waals surface area contributed by atoms with Crippen molar-refractivity contribution < 1.29 is 14.3 Å². The van der Waals surface area contributed by atoms with Crippen molar-refractivity contribution in [1.29, 1.82) is 0 Å². The van der Waals surface area contributed by atoms with Crippen LogP contribution in [0.3, 0.4) is 0 Å². The van der Waals surface area contributed by atoms with Crippen molar-refractivity contribution in [3.05, 3.63) is 59.7 Å². The first-order valence-corrected chi connectivity index (χ1v) is 9.97. The summed E-state index contributed by atoms with van der Waals surface area (Å²) < 4.78 is 5.72. The maximum atomic E-state index is 12.4. The number of hydrogen-bond acceptors (Lipinski definition) is 3. The van der Waals surface area contributed by atoms with Crippen LogP contribution in [0, 0.1) is 0 Å². The van der Waals surface area contributed by atoms with Gasteiger partial charge in [0, 0.05) is 30.8 Å². The Morgan fingerprint density at radius 1 is 1.18 bits per heavy atom. The van der Waals surface area contributed by atoms with Gasteiger partial charge in [-0.1, -0.05) is 18.2 Å². The third kappa shape index (κ3) is 5.35. The summed E-state index contributed by atoms with van der Waals surface area (Å²) in [5, 5.41) is 2.97. The number of amides is 2. The minimum atomic E-state index is -0.106. The van der Waals surface area contributed by atoms with E-state index in [1.807, 2.05) is 38.1 Å². The van der Waals surface area contributed by atoms with Crippen LogP contribution in [0.15, 0.2) is 48.5 Å². The molecule has 5 nitrogen and oxygen atoms in total. The zero-order valence-corrected chi connectivity index (χ0v) is 16.6. The number of carbonyl (C=O) groups excluding carboxylic acids is 2. The molecule has 1 heterocycles. The third-order valence-corrected chi connectivity index (χ3v) is 4.69. The van der Waals surface area contributed by atoms with E-state index in [4.69, 9.17) is 4.74 Å². The number of nitrogens with one attached hydrogen (secondary N) is 1. The molecule has 1 saturated heterocycles. The molecule has 28 heavy (non-hydrogen) atoms. The Balaban J connectivity index is 1.49. The second-order valence-electron chi connectivity index (χ2n) is 7.37. The second-order valence-corrected chi connectivity index (χ2v) is 7.37. The van der Waals surface area contributed by atoms with Crippen molar-refractivity contribution in [3.63, 3.8) is 0 Å². The molecule has 5 heteroatoms. The molecule has 0 aliphatic carbocycles. The lowest BCUT2D eigenvalue weighted by atomic mass is 10.1. The highest BCUT2D eigenvalue weighted by Gasteiger charge is 2.22. The van der Waals surface area contributed by atoms with E-state index in [0.717, 1.165) is 37.2 Å². The number of nitrogens with zero attached hydrogens (tertiary/aromatic N) is 1. The van der Waals surface area contributed by atoms with Crippen LogP contribution in [0.2, 0.25) is 0 Å². The Bertz CT molecular complexity index is 832. The average molecular weight is 380 g/mol. The van der Waals surface area contributed by atoms with Crippen molar-refractivity contribution in [2.24, 2.45) is 0 Å². The van der Waals surface area contributed by atoms with Gasteiger partial charge in [-0.15, -0.1) is 0 Å². The maximum Gasteiger partial charge on any atom is 0.251 e. The summed E-state index contributed by atoms with van der Waals surface area (Å²) in [5.74, 6) is 0.899. The first-order valence-electron chi connectivity index (χ1n) is 9.97. The molecule has 0 bridgehead atoms. The first-order chi connectivity index (χ1) is 13.5. The summed E-state index contributed by atoms with van der Waals surface area (Å²) in [4.78, 5) is 26.1. The van der Waals surface area contributed by atoms with Crippen LogP contribution in [-0.4, -0.2) is 31.0 Å². The van der Waals surface area contributed by atoms with Gasteiger partial charge in [-0.05, 0) is 69.0 Å². The van der Waals surface area contributed by atoms with Crippen molar-refractivity contribution >= 4 is 17.5 Å². The summed E-state index contributed by atoms with van der Waals surface area (Å²) in [5.41, 5.74) is 2.59. The van der Waals surface area contributed by atoms with Crippen LogP contribution in [-0.2, 0) is 11.2 Å². The molecule has 0 spiro atoms. The van der Waals surface area contributed by atoms with Crippen LogP contribution in [0.25, 0.3) is 0 Å². The minimum absolute atomic E-state index is 0.106. The Labute approximate surface area is 166 Å². The summed E-state index contributed by atoms with van der Waals surface area (Å²) in [6.07, 6.45) is 3.33. The SMILES string of the molecule is CC(C)Oc1cccc(CCCNC(=O)c2cccc(N3CCCC3=O)c2)c1. The summed E-state index contributed by atoms with van der Waals surface area (Å²) in [6.45, 7) is 5.35. The largest absolute Gasteiger partial charge is 0.491 e. The molecule has 0 atom stereocenters. The molecule has 1 N–H and O–H groups in total. The Morgan fingerprint density at radius 3 is 2.75 bits per heavy atom. The highest BCUT2D eigenvalue weighted by atomic mass is 16.5. The van der Waals surface area contributed by atoms with Gasteiger partial charge in [0.05, 0.1) is 6.10 Å². The van der Waals surface area contributed by atoms with Gasteiger partial charge in [-0.25, -0.2) is 0 Å². The maximum absolute atomic E-state index is 12.4. The fraction of sp³-hybridized carbons (Fsp3) is 0.391. The highest BCUT2D eigenvalue weighted by Crippen LogP contribution is 2.22. The van der Waals surface area contributed by atoms with E-state index in [9.17, 15) is 9.59 Å². The molecule has 148 valence electrons. The Hall–Kier alpha value is -2.82. The first kappa shape index (κ1) is 19.9. The highest BCUT2D eigenvalue weighted by molar-refractivity contribution is 5.99. The second kappa shape index (κ2) is 9.40. The van der Waals surface area contributed by atoms with E-state index in [2.05, 4.69) is 17.4 Å².